The van der Waals surface area contributed by atoms with Crippen molar-refractivity contribution in [2.75, 3.05) is 13.1 Å². The largest absolute Gasteiger partial charge is 0.349 e. The Labute approximate surface area is 173 Å². The van der Waals surface area contributed by atoms with E-state index in [1.165, 1.54) is 0 Å². The van der Waals surface area contributed by atoms with Crippen LogP contribution in [-0.2, 0) is 12.8 Å². The highest BCUT2D eigenvalue weighted by Gasteiger charge is 2.14. The first-order valence-corrected chi connectivity index (χ1v) is 9.64. The summed E-state index contributed by atoms with van der Waals surface area (Å²) in [6.07, 6.45) is 10.1. The van der Waals surface area contributed by atoms with Crippen LogP contribution in [0.2, 0.25) is 0 Å². The number of rotatable bonds is 10. The molecule has 154 valence electrons. The number of hydrogen-bond acceptors (Lipinski definition) is 8. The molecule has 2 N–H and O–H groups in total. The van der Waals surface area contributed by atoms with Gasteiger partial charge in [0.2, 0.25) is 0 Å². The first kappa shape index (κ1) is 20.9. The first-order valence-electron chi connectivity index (χ1n) is 9.64. The molecule has 10 heteroatoms. The van der Waals surface area contributed by atoms with Crippen molar-refractivity contribution in [3.05, 3.63) is 71.8 Å². The van der Waals surface area contributed by atoms with E-state index in [2.05, 4.69) is 41.0 Å². The number of pyridine rings is 2. The summed E-state index contributed by atoms with van der Waals surface area (Å²) in [5.74, 6) is -1.30. The van der Waals surface area contributed by atoms with Crippen LogP contribution in [0.15, 0.2) is 49.1 Å². The average molecular weight is 406 g/mol. The summed E-state index contributed by atoms with van der Waals surface area (Å²) in [6, 6.07) is 7.73. The fraction of sp³-hybridized carbons (Fsp3) is 0.300. The highest BCUT2D eigenvalue weighted by molar-refractivity contribution is 5.91. The Bertz CT molecular complexity index is 858. The minimum atomic E-state index is -0.478. The van der Waals surface area contributed by atoms with Gasteiger partial charge in [0.15, 0.2) is 0 Å². The normalized spacial score (nSPS) is 10.4. The predicted octanol–water partition coefficient (Wildman–Crippen LogP) is 0.782. The van der Waals surface area contributed by atoms with Gasteiger partial charge in [0.25, 0.3) is 23.5 Å². The second-order valence-electron chi connectivity index (χ2n) is 6.48. The molecular weight excluding hydrogens is 384 g/mol. The van der Waals surface area contributed by atoms with Crippen molar-refractivity contribution in [1.82, 2.24) is 41.0 Å². The number of amides is 2. The third-order valence-corrected chi connectivity index (χ3v) is 4.24. The lowest BCUT2D eigenvalue weighted by Crippen LogP contribution is -2.30. The Morgan fingerprint density at radius 1 is 0.633 bits per heavy atom. The summed E-state index contributed by atoms with van der Waals surface area (Å²) in [5, 5.41) is 20.2. The van der Waals surface area contributed by atoms with Crippen LogP contribution >= 0.6 is 0 Å². The molecule has 2 amide bonds. The van der Waals surface area contributed by atoms with Gasteiger partial charge in [0.1, 0.15) is 0 Å². The zero-order valence-electron chi connectivity index (χ0n) is 16.4. The second kappa shape index (κ2) is 11.2. The average Bonchev–Trinajstić information content (AvgIpc) is 2.81. The monoisotopic (exact) mass is 406 g/mol. The van der Waals surface area contributed by atoms with Crippen molar-refractivity contribution in [3.63, 3.8) is 0 Å². The maximum Gasteiger partial charge on any atom is 0.292 e. The number of carbonyl (C=O) groups is 2. The van der Waals surface area contributed by atoms with Crippen LogP contribution in [-0.4, -0.2) is 55.3 Å². The van der Waals surface area contributed by atoms with Gasteiger partial charge in [0, 0.05) is 37.9 Å². The van der Waals surface area contributed by atoms with Crippen molar-refractivity contribution >= 4 is 11.8 Å². The van der Waals surface area contributed by atoms with E-state index >= 15 is 0 Å². The van der Waals surface area contributed by atoms with E-state index in [9.17, 15) is 9.59 Å². The molecule has 0 aliphatic carbocycles. The number of carbonyl (C=O) groups excluding carboxylic acids is 2. The van der Waals surface area contributed by atoms with Crippen LogP contribution in [0.1, 0.15) is 45.2 Å². The van der Waals surface area contributed by atoms with E-state index < -0.39 is 11.8 Å². The molecule has 0 aliphatic rings. The summed E-state index contributed by atoms with van der Waals surface area (Å²) >= 11 is 0. The molecule has 0 spiro atoms. The number of nitrogens with one attached hydrogen (secondary N) is 2. The third kappa shape index (κ3) is 6.66. The summed E-state index contributed by atoms with van der Waals surface area (Å²) in [4.78, 5) is 32.0. The lowest BCUT2D eigenvalue weighted by molar-refractivity contribution is 0.0919. The molecule has 10 nitrogen and oxygen atoms in total. The fourth-order valence-electron chi connectivity index (χ4n) is 2.66. The second-order valence-corrected chi connectivity index (χ2v) is 6.48. The number of aryl methyl sites for hydroxylation is 2. The Kier molecular flexibility index (Phi) is 7.84. The van der Waals surface area contributed by atoms with E-state index in [4.69, 9.17) is 0 Å². The van der Waals surface area contributed by atoms with E-state index in [-0.39, 0.29) is 11.6 Å². The SMILES string of the molecule is O=C(NCCCc1ccncc1)c1nnc(C(=O)NCCCc2ccncc2)nn1. The zero-order valence-corrected chi connectivity index (χ0v) is 16.4. The first-order chi connectivity index (χ1) is 14.7. The van der Waals surface area contributed by atoms with Gasteiger partial charge in [-0.05, 0) is 61.1 Å². The standard InChI is InChI=1S/C20H22N8O2/c29-19(23-9-1-3-15-5-11-21-12-6-15)17-25-27-18(28-26-17)20(30)24-10-2-4-16-7-13-22-14-8-16/h5-8,11-14H,1-4,9-10H2,(H,23,29)(H,24,30). The van der Waals surface area contributed by atoms with Gasteiger partial charge < -0.3 is 10.6 Å². The molecule has 0 saturated heterocycles. The number of nitrogens with zero attached hydrogens (tertiary/aromatic N) is 6. The van der Waals surface area contributed by atoms with Crippen molar-refractivity contribution in [3.8, 4) is 0 Å². The molecule has 0 saturated carbocycles. The minimum absolute atomic E-state index is 0.173. The zero-order chi connectivity index (χ0) is 21.0. The Morgan fingerprint density at radius 3 is 1.37 bits per heavy atom. The Balaban J connectivity index is 1.36. The van der Waals surface area contributed by atoms with Gasteiger partial charge in [0.05, 0.1) is 0 Å². The topological polar surface area (TPSA) is 136 Å². The van der Waals surface area contributed by atoms with Crippen molar-refractivity contribution in [2.45, 2.75) is 25.7 Å². The molecule has 0 fully saturated rings. The van der Waals surface area contributed by atoms with Crippen LogP contribution < -0.4 is 10.6 Å². The molecule has 30 heavy (non-hydrogen) atoms. The van der Waals surface area contributed by atoms with Crippen LogP contribution in [0.25, 0.3) is 0 Å². The Morgan fingerprint density at radius 2 is 1.00 bits per heavy atom. The molecule has 3 rings (SSSR count). The smallest absolute Gasteiger partial charge is 0.292 e. The van der Waals surface area contributed by atoms with Crippen LogP contribution in [0.5, 0.6) is 0 Å². The van der Waals surface area contributed by atoms with E-state index in [0.717, 1.165) is 36.8 Å². The summed E-state index contributed by atoms with van der Waals surface area (Å²) in [6.45, 7) is 0.925. The molecule has 3 heterocycles. The predicted molar refractivity (Wildman–Crippen MR) is 107 cm³/mol. The van der Waals surface area contributed by atoms with Gasteiger partial charge in [-0.2, -0.15) is 0 Å². The molecule has 0 unspecified atom stereocenters. The number of aromatic nitrogens is 6. The van der Waals surface area contributed by atoms with Crippen LogP contribution in [0.3, 0.4) is 0 Å². The molecule has 0 bridgehead atoms. The van der Waals surface area contributed by atoms with Gasteiger partial charge in [-0.25, -0.2) is 0 Å². The number of hydrogen-bond donors (Lipinski definition) is 2. The Hall–Kier alpha value is -3.82. The fourth-order valence-corrected chi connectivity index (χ4v) is 2.66. The van der Waals surface area contributed by atoms with E-state index in [0.29, 0.717) is 13.1 Å². The maximum atomic E-state index is 12.1. The van der Waals surface area contributed by atoms with Gasteiger partial charge in [-0.15, -0.1) is 20.4 Å². The van der Waals surface area contributed by atoms with Gasteiger partial charge in [-0.3, -0.25) is 19.6 Å². The van der Waals surface area contributed by atoms with Crippen molar-refractivity contribution in [2.24, 2.45) is 0 Å². The van der Waals surface area contributed by atoms with Crippen LogP contribution in [0, 0.1) is 0 Å². The lowest BCUT2D eigenvalue weighted by atomic mass is 10.1. The molecule has 3 aromatic rings. The highest BCUT2D eigenvalue weighted by atomic mass is 16.2. The summed E-state index contributed by atoms with van der Waals surface area (Å²) < 4.78 is 0. The molecule has 0 atom stereocenters. The van der Waals surface area contributed by atoms with E-state index in [1.54, 1.807) is 24.8 Å². The maximum absolute atomic E-state index is 12.1. The third-order valence-electron chi connectivity index (χ3n) is 4.24. The quantitative estimate of drug-likeness (QED) is 0.472. The van der Waals surface area contributed by atoms with Crippen LogP contribution in [0.4, 0.5) is 0 Å². The van der Waals surface area contributed by atoms with Crippen molar-refractivity contribution < 1.29 is 9.59 Å². The van der Waals surface area contributed by atoms with E-state index in [1.807, 2.05) is 24.3 Å². The molecule has 0 radical (unpaired) electrons. The van der Waals surface area contributed by atoms with Gasteiger partial charge in [-0.1, -0.05) is 0 Å². The minimum Gasteiger partial charge on any atom is -0.349 e. The van der Waals surface area contributed by atoms with Gasteiger partial charge >= 0.3 is 0 Å². The molecule has 0 aromatic carbocycles. The van der Waals surface area contributed by atoms with Crippen molar-refractivity contribution in [1.29, 1.82) is 0 Å². The molecule has 0 aliphatic heterocycles. The molecule has 3 aromatic heterocycles. The lowest BCUT2D eigenvalue weighted by Gasteiger charge is -2.05. The molecular formula is C20H22N8O2. The summed E-state index contributed by atoms with van der Waals surface area (Å²) in [7, 11) is 0. The summed E-state index contributed by atoms with van der Waals surface area (Å²) in [5.41, 5.74) is 2.30. The highest BCUT2D eigenvalue weighted by Crippen LogP contribution is 2.01.